The van der Waals surface area contributed by atoms with E-state index in [4.69, 9.17) is 0 Å². The smallest absolute Gasteiger partial charge is 0.00131 e. The molecule has 0 aliphatic heterocycles. The molecule has 1 aliphatic rings. The molecular weight excluding hydrogens is 276 g/mol. The number of aryl methyl sites for hydroxylation is 2. The molecule has 0 nitrogen and oxygen atoms in total. The van der Waals surface area contributed by atoms with E-state index in [0.29, 0.717) is 0 Å². The Balaban J connectivity index is 0.000000448. The first kappa shape index (κ1) is 17.3. The quantitative estimate of drug-likeness (QED) is 0.325. The Morgan fingerprint density at radius 3 is 1.91 bits per heavy atom. The van der Waals surface area contributed by atoms with Gasteiger partial charge in [0.2, 0.25) is 0 Å². The zero-order valence-corrected chi connectivity index (χ0v) is 15.3. The van der Waals surface area contributed by atoms with Gasteiger partial charge in [-0.1, -0.05) is 81.3 Å². The van der Waals surface area contributed by atoms with Gasteiger partial charge in [0.15, 0.2) is 0 Å². The average Bonchev–Trinajstić information content (AvgIpc) is 2.92. The molecular formula is C23H28. The standard InChI is InChI=1S/C19H16.2C2H6/c1-12-3-5-14-11-19-17(9-15(14)7-12)10-16-8-13(2)4-6-18(16)19;2*1-2/h3-9,11H,10H2,1-2H3;2*1-2H3. The summed E-state index contributed by atoms with van der Waals surface area (Å²) in [5.74, 6) is 0. The minimum absolute atomic E-state index is 1.08. The van der Waals surface area contributed by atoms with E-state index in [1.54, 1.807) is 0 Å². The summed E-state index contributed by atoms with van der Waals surface area (Å²) in [6, 6.07) is 18.2. The number of hydrogen-bond donors (Lipinski definition) is 0. The summed E-state index contributed by atoms with van der Waals surface area (Å²) in [4.78, 5) is 0. The Kier molecular flexibility index (Phi) is 5.60. The molecule has 0 saturated carbocycles. The fourth-order valence-corrected chi connectivity index (χ4v) is 3.20. The molecule has 120 valence electrons. The van der Waals surface area contributed by atoms with E-state index in [9.17, 15) is 0 Å². The van der Waals surface area contributed by atoms with Crippen LogP contribution in [0.2, 0.25) is 0 Å². The lowest BCUT2D eigenvalue weighted by Gasteiger charge is -2.05. The highest BCUT2D eigenvalue weighted by atomic mass is 14.2. The molecule has 0 radical (unpaired) electrons. The zero-order valence-electron chi connectivity index (χ0n) is 15.3. The highest BCUT2D eigenvalue weighted by Crippen LogP contribution is 2.39. The second kappa shape index (κ2) is 7.46. The lowest BCUT2D eigenvalue weighted by molar-refractivity contribution is 1.25. The molecule has 0 heteroatoms. The van der Waals surface area contributed by atoms with Crippen LogP contribution < -0.4 is 0 Å². The Morgan fingerprint density at radius 1 is 0.565 bits per heavy atom. The van der Waals surface area contributed by atoms with Crippen molar-refractivity contribution >= 4 is 10.8 Å². The van der Waals surface area contributed by atoms with Crippen LogP contribution in [-0.4, -0.2) is 0 Å². The summed E-state index contributed by atoms with van der Waals surface area (Å²) in [5, 5.41) is 2.71. The highest BCUT2D eigenvalue weighted by molar-refractivity contribution is 5.92. The van der Waals surface area contributed by atoms with Gasteiger partial charge in [-0.15, -0.1) is 0 Å². The van der Waals surface area contributed by atoms with Crippen molar-refractivity contribution < 1.29 is 0 Å². The first-order valence-corrected chi connectivity index (χ1v) is 8.84. The van der Waals surface area contributed by atoms with Crippen LogP contribution in [-0.2, 0) is 6.42 Å². The molecule has 0 heterocycles. The van der Waals surface area contributed by atoms with Gasteiger partial charge in [0.25, 0.3) is 0 Å². The lowest BCUT2D eigenvalue weighted by atomic mass is 9.99. The van der Waals surface area contributed by atoms with Gasteiger partial charge >= 0.3 is 0 Å². The molecule has 0 amide bonds. The molecule has 1 aliphatic carbocycles. The first-order chi connectivity index (χ1) is 11.2. The van der Waals surface area contributed by atoms with E-state index in [0.717, 1.165) is 6.42 Å². The molecule has 3 aromatic carbocycles. The third-order valence-corrected chi connectivity index (χ3v) is 4.15. The van der Waals surface area contributed by atoms with E-state index >= 15 is 0 Å². The minimum atomic E-state index is 1.08. The fourth-order valence-electron chi connectivity index (χ4n) is 3.20. The van der Waals surface area contributed by atoms with Gasteiger partial charge < -0.3 is 0 Å². The Labute approximate surface area is 141 Å². The molecule has 0 bridgehead atoms. The molecule has 0 fully saturated rings. The highest BCUT2D eigenvalue weighted by Gasteiger charge is 2.18. The zero-order chi connectivity index (χ0) is 17.0. The second-order valence-electron chi connectivity index (χ2n) is 5.70. The lowest BCUT2D eigenvalue weighted by Crippen LogP contribution is -1.82. The van der Waals surface area contributed by atoms with Gasteiger partial charge in [-0.25, -0.2) is 0 Å². The van der Waals surface area contributed by atoms with Crippen molar-refractivity contribution in [2.45, 2.75) is 48.0 Å². The first-order valence-electron chi connectivity index (χ1n) is 8.84. The summed E-state index contributed by atoms with van der Waals surface area (Å²) in [6.07, 6.45) is 1.08. The van der Waals surface area contributed by atoms with E-state index in [-0.39, 0.29) is 0 Å². The van der Waals surface area contributed by atoms with Crippen molar-refractivity contribution in [2.75, 3.05) is 0 Å². The van der Waals surface area contributed by atoms with Crippen molar-refractivity contribution in [2.24, 2.45) is 0 Å². The van der Waals surface area contributed by atoms with Gasteiger partial charge in [0.05, 0.1) is 0 Å². The predicted octanol–water partition coefficient (Wildman–Crippen LogP) is 7.08. The Hall–Kier alpha value is -2.08. The van der Waals surface area contributed by atoms with Crippen LogP contribution in [0, 0.1) is 13.8 Å². The van der Waals surface area contributed by atoms with Crippen molar-refractivity contribution in [3.63, 3.8) is 0 Å². The maximum atomic E-state index is 2.37. The van der Waals surface area contributed by atoms with Gasteiger partial charge in [0.1, 0.15) is 0 Å². The van der Waals surface area contributed by atoms with Crippen LogP contribution >= 0.6 is 0 Å². The summed E-state index contributed by atoms with van der Waals surface area (Å²) >= 11 is 0. The SMILES string of the molecule is CC.CC.Cc1ccc2c(c1)Cc1cc3cc(C)ccc3cc1-2. The van der Waals surface area contributed by atoms with Crippen molar-refractivity contribution in [1.29, 1.82) is 0 Å². The topological polar surface area (TPSA) is 0 Å². The van der Waals surface area contributed by atoms with Crippen LogP contribution in [0.1, 0.15) is 49.9 Å². The largest absolute Gasteiger partial charge is 0.0683 e. The van der Waals surface area contributed by atoms with E-state index in [1.165, 1.54) is 44.2 Å². The van der Waals surface area contributed by atoms with Gasteiger partial charge in [-0.05, 0) is 59.4 Å². The fraction of sp³-hybridized carbons (Fsp3) is 0.304. The molecule has 0 saturated heterocycles. The van der Waals surface area contributed by atoms with Gasteiger partial charge in [0, 0.05) is 0 Å². The van der Waals surface area contributed by atoms with Crippen LogP contribution in [0.4, 0.5) is 0 Å². The number of fused-ring (bicyclic) bond motifs is 4. The number of rotatable bonds is 0. The van der Waals surface area contributed by atoms with Crippen molar-refractivity contribution in [3.8, 4) is 11.1 Å². The maximum absolute atomic E-state index is 2.37. The second-order valence-corrected chi connectivity index (χ2v) is 5.70. The molecule has 0 spiro atoms. The maximum Gasteiger partial charge on any atom is -0.00131 e. The number of hydrogen-bond acceptors (Lipinski definition) is 0. The van der Waals surface area contributed by atoms with Crippen LogP contribution in [0.3, 0.4) is 0 Å². The summed E-state index contributed by atoms with van der Waals surface area (Å²) in [5.41, 5.74) is 8.47. The van der Waals surface area contributed by atoms with E-state index in [1.807, 2.05) is 27.7 Å². The van der Waals surface area contributed by atoms with Crippen LogP contribution in [0.15, 0.2) is 48.5 Å². The summed E-state index contributed by atoms with van der Waals surface area (Å²) in [7, 11) is 0. The van der Waals surface area contributed by atoms with E-state index < -0.39 is 0 Å². The van der Waals surface area contributed by atoms with Crippen LogP contribution in [0.5, 0.6) is 0 Å². The normalized spacial score (nSPS) is 10.9. The Morgan fingerprint density at radius 2 is 1.17 bits per heavy atom. The third-order valence-electron chi connectivity index (χ3n) is 4.15. The molecule has 0 aromatic heterocycles. The molecule has 0 atom stereocenters. The summed E-state index contributed by atoms with van der Waals surface area (Å²) < 4.78 is 0. The van der Waals surface area contributed by atoms with Crippen molar-refractivity contribution in [3.05, 3.63) is 70.8 Å². The molecule has 3 aromatic rings. The van der Waals surface area contributed by atoms with Gasteiger partial charge in [-0.2, -0.15) is 0 Å². The Bertz CT molecular complexity index is 810. The number of benzene rings is 3. The molecule has 0 N–H and O–H groups in total. The third kappa shape index (κ3) is 3.32. The monoisotopic (exact) mass is 304 g/mol. The summed E-state index contributed by atoms with van der Waals surface area (Å²) in [6.45, 7) is 12.3. The van der Waals surface area contributed by atoms with Gasteiger partial charge in [-0.3, -0.25) is 0 Å². The average molecular weight is 304 g/mol. The molecule has 0 unspecified atom stereocenters. The molecule has 23 heavy (non-hydrogen) atoms. The predicted molar refractivity (Wildman–Crippen MR) is 104 cm³/mol. The van der Waals surface area contributed by atoms with Crippen LogP contribution in [0.25, 0.3) is 21.9 Å². The van der Waals surface area contributed by atoms with Crippen molar-refractivity contribution in [1.82, 2.24) is 0 Å². The van der Waals surface area contributed by atoms with E-state index in [2.05, 4.69) is 62.4 Å². The minimum Gasteiger partial charge on any atom is -0.0683 e. The molecule has 4 rings (SSSR count).